The Morgan fingerprint density at radius 2 is 2.38 bits per heavy atom. The van der Waals surface area contributed by atoms with Crippen LogP contribution in [0.15, 0.2) is 0 Å². The predicted molar refractivity (Wildman–Crippen MR) is 70.1 cm³/mol. The number of rotatable bonds is 5. The Bertz CT molecular complexity index is 225. The molecular weight excluding hydrogens is 222 g/mol. The zero-order valence-electron chi connectivity index (χ0n) is 10.5. The third kappa shape index (κ3) is 4.22. The molecule has 0 radical (unpaired) electrons. The van der Waals surface area contributed by atoms with Gasteiger partial charge in [-0.05, 0) is 38.4 Å². The van der Waals surface area contributed by atoms with Crippen LogP contribution < -0.4 is 5.32 Å². The Balaban J connectivity index is 2.20. The van der Waals surface area contributed by atoms with Crippen LogP contribution in [0.25, 0.3) is 0 Å². The number of likely N-dealkylation sites (tertiary alicyclic amines) is 1. The van der Waals surface area contributed by atoms with E-state index in [0.29, 0.717) is 6.04 Å². The first-order valence-corrected chi connectivity index (χ1v) is 7.22. The van der Waals surface area contributed by atoms with Crippen molar-refractivity contribution in [2.75, 3.05) is 45.7 Å². The lowest BCUT2D eigenvalue weighted by atomic mass is 10.2. The predicted octanol–water partition coefficient (Wildman–Crippen LogP) is 1.08. The molecule has 2 amide bonds. The van der Waals surface area contributed by atoms with E-state index >= 15 is 0 Å². The Morgan fingerprint density at radius 1 is 1.62 bits per heavy atom. The van der Waals surface area contributed by atoms with E-state index in [4.69, 9.17) is 0 Å². The lowest BCUT2D eigenvalue weighted by Gasteiger charge is -2.24. The van der Waals surface area contributed by atoms with Gasteiger partial charge in [-0.3, -0.25) is 0 Å². The van der Waals surface area contributed by atoms with Crippen molar-refractivity contribution in [1.29, 1.82) is 0 Å². The van der Waals surface area contributed by atoms with Gasteiger partial charge in [0.25, 0.3) is 0 Å². The summed E-state index contributed by atoms with van der Waals surface area (Å²) >= 11 is 1.82. The lowest BCUT2D eigenvalue weighted by Crippen LogP contribution is -2.44. The minimum atomic E-state index is 0.0707. The number of likely N-dealkylation sites (N-methyl/N-ethyl adjacent to an activating group) is 2. The maximum Gasteiger partial charge on any atom is 0.317 e. The van der Waals surface area contributed by atoms with Crippen LogP contribution in [0.1, 0.15) is 12.8 Å². The number of hydrogen-bond donors (Lipinski definition) is 1. The van der Waals surface area contributed by atoms with Crippen molar-refractivity contribution in [3.05, 3.63) is 0 Å². The lowest BCUT2D eigenvalue weighted by molar-refractivity contribution is 0.191. The van der Waals surface area contributed by atoms with Gasteiger partial charge in [0.2, 0.25) is 0 Å². The van der Waals surface area contributed by atoms with Crippen LogP contribution in [0.5, 0.6) is 0 Å². The second-order valence-corrected chi connectivity index (χ2v) is 5.38. The van der Waals surface area contributed by atoms with Crippen LogP contribution in [0, 0.1) is 0 Å². The molecule has 1 aliphatic heterocycles. The van der Waals surface area contributed by atoms with E-state index in [2.05, 4.69) is 23.5 Å². The summed E-state index contributed by atoms with van der Waals surface area (Å²) in [5.41, 5.74) is 0. The number of nitrogens with zero attached hydrogens (tertiary/aromatic N) is 2. The molecule has 4 nitrogen and oxygen atoms in total. The van der Waals surface area contributed by atoms with E-state index in [9.17, 15) is 4.79 Å². The van der Waals surface area contributed by atoms with Gasteiger partial charge in [-0.1, -0.05) is 0 Å². The smallest absolute Gasteiger partial charge is 0.317 e. The Kier molecular flexibility index (Phi) is 5.98. The van der Waals surface area contributed by atoms with Gasteiger partial charge in [0, 0.05) is 26.2 Å². The Morgan fingerprint density at radius 3 is 2.94 bits per heavy atom. The van der Waals surface area contributed by atoms with Gasteiger partial charge in [0.05, 0.1) is 0 Å². The molecule has 1 heterocycles. The minimum absolute atomic E-state index is 0.0707. The molecule has 1 unspecified atom stereocenters. The van der Waals surface area contributed by atoms with Crippen molar-refractivity contribution in [2.45, 2.75) is 18.9 Å². The first-order valence-electron chi connectivity index (χ1n) is 5.83. The van der Waals surface area contributed by atoms with Crippen molar-refractivity contribution in [2.24, 2.45) is 0 Å². The number of carbonyl (C=O) groups excluding carboxylic acids is 1. The molecule has 0 aromatic carbocycles. The zero-order chi connectivity index (χ0) is 12.0. The summed E-state index contributed by atoms with van der Waals surface area (Å²) in [5, 5.41) is 2.96. The molecule has 5 heteroatoms. The van der Waals surface area contributed by atoms with Gasteiger partial charge in [-0.25, -0.2) is 4.79 Å². The van der Waals surface area contributed by atoms with Crippen LogP contribution in [0.3, 0.4) is 0 Å². The average molecular weight is 245 g/mol. The molecule has 0 bridgehead atoms. The molecule has 1 saturated heterocycles. The molecule has 1 rings (SSSR count). The molecule has 1 N–H and O–H groups in total. The number of carbonyl (C=O) groups is 1. The molecule has 16 heavy (non-hydrogen) atoms. The fraction of sp³-hybridized carbons (Fsp3) is 0.909. The van der Waals surface area contributed by atoms with Crippen LogP contribution in [0.4, 0.5) is 4.79 Å². The van der Waals surface area contributed by atoms with Crippen LogP contribution in [-0.4, -0.2) is 67.6 Å². The monoisotopic (exact) mass is 245 g/mol. The third-order valence-electron chi connectivity index (χ3n) is 3.04. The van der Waals surface area contributed by atoms with E-state index in [1.54, 1.807) is 0 Å². The molecule has 1 fully saturated rings. The summed E-state index contributed by atoms with van der Waals surface area (Å²) in [6.07, 6.45) is 4.22. The van der Waals surface area contributed by atoms with Crippen molar-refractivity contribution >= 4 is 17.8 Å². The first-order chi connectivity index (χ1) is 7.65. The largest absolute Gasteiger partial charge is 0.338 e. The maximum atomic E-state index is 11.8. The summed E-state index contributed by atoms with van der Waals surface area (Å²) in [6, 6.07) is 0.451. The molecule has 1 atom stereocenters. The molecule has 0 saturated carbocycles. The van der Waals surface area contributed by atoms with Gasteiger partial charge in [-0.2, -0.15) is 11.8 Å². The maximum absolute atomic E-state index is 11.8. The highest BCUT2D eigenvalue weighted by Gasteiger charge is 2.25. The topological polar surface area (TPSA) is 35.6 Å². The summed E-state index contributed by atoms with van der Waals surface area (Å²) in [6.45, 7) is 2.87. The third-order valence-corrected chi connectivity index (χ3v) is 3.73. The van der Waals surface area contributed by atoms with Gasteiger partial charge >= 0.3 is 6.03 Å². The highest BCUT2D eigenvalue weighted by molar-refractivity contribution is 7.98. The number of hydrogen-bond acceptors (Lipinski definition) is 3. The van der Waals surface area contributed by atoms with Crippen LogP contribution in [-0.2, 0) is 0 Å². The molecular formula is C11H23N3OS. The summed E-state index contributed by atoms with van der Waals surface area (Å²) in [7, 11) is 4.00. The van der Waals surface area contributed by atoms with Crippen molar-refractivity contribution in [1.82, 2.24) is 15.1 Å². The van der Waals surface area contributed by atoms with Crippen molar-refractivity contribution in [3.63, 3.8) is 0 Å². The molecule has 0 aliphatic carbocycles. The van der Waals surface area contributed by atoms with Crippen molar-refractivity contribution in [3.8, 4) is 0 Å². The van der Waals surface area contributed by atoms with Gasteiger partial charge < -0.3 is 15.1 Å². The minimum Gasteiger partial charge on any atom is -0.338 e. The van der Waals surface area contributed by atoms with E-state index in [-0.39, 0.29) is 6.03 Å². The van der Waals surface area contributed by atoms with Crippen LogP contribution >= 0.6 is 11.8 Å². The quantitative estimate of drug-likeness (QED) is 0.736. The van der Waals surface area contributed by atoms with Crippen LogP contribution in [0.2, 0.25) is 0 Å². The summed E-state index contributed by atoms with van der Waals surface area (Å²) in [4.78, 5) is 15.9. The SMILES string of the molecule is CSCCCNC(=O)N(C)C1CCN(C)C1. The van der Waals surface area contributed by atoms with Crippen molar-refractivity contribution < 1.29 is 4.79 Å². The molecule has 0 aromatic heterocycles. The first kappa shape index (κ1) is 13.6. The molecule has 94 valence electrons. The zero-order valence-corrected chi connectivity index (χ0v) is 11.3. The number of amides is 2. The molecule has 0 aromatic rings. The fourth-order valence-corrected chi connectivity index (χ4v) is 2.36. The standard InChI is InChI=1S/C11H23N3OS/c1-13-7-5-10(9-13)14(2)11(15)12-6-4-8-16-3/h10H,4-9H2,1-3H3,(H,12,15). The highest BCUT2D eigenvalue weighted by atomic mass is 32.2. The van der Waals surface area contributed by atoms with E-state index in [0.717, 1.165) is 38.2 Å². The molecule has 1 aliphatic rings. The fourth-order valence-electron chi connectivity index (χ4n) is 1.93. The normalized spacial score (nSPS) is 21.1. The second-order valence-electron chi connectivity index (χ2n) is 4.39. The average Bonchev–Trinajstić information content (AvgIpc) is 2.70. The highest BCUT2D eigenvalue weighted by Crippen LogP contribution is 2.12. The summed E-state index contributed by atoms with van der Waals surface area (Å²) in [5.74, 6) is 1.11. The van der Waals surface area contributed by atoms with E-state index < -0.39 is 0 Å². The van der Waals surface area contributed by atoms with E-state index in [1.807, 2.05) is 23.7 Å². The Labute approximate surface area is 103 Å². The number of urea groups is 1. The van der Waals surface area contributed by atoms with E-state index in [1.165, 1.54) is 0 Å². The summed E-state index contributed by atoms with van der Waals surface area (Å²) < 4.78 is 0. The molecule has 0 spiro atoms. The Hall–Kier alpha value is -0.420. The van der Waals surface area contributed by atoms with Gasteiger partial charge in [0.1, 0.15) is 0 Å². The van der Waals surface area contributed by atoms with Gasteiger partial charge in [-0.15, -0.1) is 0 Å². The number of nitrogens with one attached hydrogen (secondary N) is 1. The number of thioether (sulfide) groups is 1. The van der Waals surface area contributed by atoms with Gasteiger partial charge in [0.15, 0.2) is 0 Å². The second kappa shape index (κ2) is 7.01.